The molecule has 2 aliphatic rings. The quantitative estimate of drug-likeness (QED) is 0.169. The van der Waals surface area contributed by atoms with Crippen LogP contribution in [0.1, 0.15) is 75.9 Å². The standard InChI is InChI=1S/C31H36O5/c1-22-20-28(35-30(22)32)10-8-6-4-3-5-7-9-19-34-27-17-15-25(16-18-27)24-11-13-26(14-12-24)29-21-23(2)31(33)36-29/h11-18,28-29H,1-10,19-21H2. The zero-order valence-electron chi connectivity index (χ0n) is 21.0. The monoisotopic (exact) mass is 488 g/mol. The van der Waals surface area contributed by atoms with Gasteiger partial charge in [-0.1, -0.05) is 81.7 Å². The summed E-state index contributed by atoms with van der Waals surface area (Å²) in [6, 6.07) is 16.3. The van der Waals surface area contributed by atoms with Crippen molar-refractivity contribution in [3.8, 4) is 16.9 Å². The van der Waals surface area contributed by atoms with Crippen LogP contribution in [0.25, 0.3) is 11.1 Å². The summed E-state index contributed by atoms with van der Waals surface area (Å²) in [5.41, 5.74) is 4.38. The van der Waals surface area contributed by atoms with Crippen LogP contribution < -0.4 is 4.74 Å². The predicted molar refractivity (Wildman–Crippen MR) is 141 cm³/mol. The number of hydrogen-bond acceptors (Lipinski definition) is 5. The van der Waals surface area contributed by atoms with Crippen molar-refractivity contribution in [1.82, 2.24) is 0 Å². The van der Waals surface area contributed by atoms with Crippen LogP contribution in [0.4, 0.5) is 0 Å². The van der Waals surface area contributed by atoms with E-state index in [9.17, 15) is 9.59 Å². The van der Waals surface area contributed by atoms with E-state index in [1.54, 1.807) is 0 Å². The summed E-state index contributed by atoms with van der Waals surface area (Å²) in [5.74, 6) is 0.376. The first-order valence-corrected chi connectivity index (χ1v) is 13.1. The fourth-order valence-electron chi connectivity index (χ4n) is 4.72. The molecule has 0 aliphatic carbocycles. The largest absolute Gasteiger partial charge is 0.494 e. The van der Waals surface area contributed by atoms with Gasteiger partial charge < -0.3 is 14.2 Å². The Balaban J connectivity index is 1.06. The van der Waals surface area contributed by atoms with Crippen LogP contribution >= 0.6 is 0 Å². The third kappa shape index (κ3) is 7.09. The zero-order valence-corrected chi connectivity index (χ0v) is 21.0. The molecule has 0 spiro atoms. The second kappa shape index (κ2) is 12.6. The van der Waals surface area contributed by atoms with Crippen LogP contribution in [0, 0.1) is 0 Å². The van der Waals surface area contributed by atoms with E-state index in [-0.39, 0.29) is 24.1 Å². The Kier molecular flexibility index (Phi) is 8.99. The molecule has 36 heavy (non-hydrogen) atoms. The highest BCUT2D eigenvalue weighted by atomic mass is 16.6. The van der Waals surface area contributed by atoms with Gasteiger partial charge in [0.2, 0.25) is 0 Å². The van der Waals surface area contributed by atoms with Crippen LogP contribution in [0.15, 0.2) is 72.8 Å². The van der Waals surface area contributed by atoms with E-state index < -0.39 is 0 Å². The summed E-state index contributed by atoms with van der Waals surface area (Å²) in [4.78, 5) is 22.9. The molecule has 2 aromatic carbocycles. The summed E-state index contributed by atoms with van der Waals surface area (Å²) in [5, 5.41) is 0. The fraction of sp³-hybridized carbons (Fsp3) is 0.419. The van der Waals surface area contributed by atoms with Gasteiger partial charge in [-0.3, -0.25) is 0 Å². The lowest BCUT2D eigenvalue weighted by molar-refractivity contribution is -0.140. The SMILES string of the molecule is C=C1CC(CCCCCCCCCOc2ccc(-c3ccc(C4CC(=C)C(=O)O4)cc3)cc2)OC1=O. The molecule has 4 rings (SSSR count). The van der Waals surface area contributed by atoms with Crippen molar-refractivity contribution in [2.75, 3.05) is 6.61 Å². The molecule has 190 valence electrons. The lowest BCUT2D eigenvalue weighted by atomic mass is 10.00. The van der Waals surface area contributed by atoms with Crippen LogP contribution in [0.2, 0.25) is 0 Å². The predicted octanol–water partition coefficient (Wildman–Crippen LogP) is 7.27. The number of ether oxygens (including phenoxy) is 3. The molecule has 2 unspecified atom stereocenters. The first-order valence-electron chi connectivity index (χ1n) is 13.1. The highest BCUT2D eigenvalue weighted by Crippen LogP contribution is 2.33. The van der Waals surface area contributed by atoms with Crippen LogP contribution in [0.3, 0.4) is 0 Å². The lowest BCUT2D eigenvalue weighted by Gasteiger charge is -2.11. The van der Waals surface area contributed by atoms with E-state index in [0.29, 0.717) is 24.0 Å². The first-order chi connectivity index (χ1) is 17.5. The average molecular weight is 489 g/mol. The van der Waals surface area contributed by atoms with Gasteiger partial charge in [0.15, 0.2) is 0 Å². The van der Waals surface area contributed by atoms with Gasteiger partial charge in [0, 0.05) is 24.0 Å². The highest BCUT2D eigenvalue weighted by molar-refractivity contribution is 5.90. The lowest BCUT2D eigenvalue weighted by Crippen LogP contribution is -2.06. The molecule has 0 saturated carbocycles. The molecule has 0 amide bonds. The average Bonchev–Trinajstić information content (AvgIpc) is 3.40. The molecular weight excluding hydrogens is 452 g/mol. The van der Waals surface area contributed by atoms with Gasteiger partial charge in [-0.2, -0.15) is 0 Å². The molecular formula is C31H36O5. The molecule has 5 nitrogen and oxygen atoms in total. The molecule has 2 fully saturated rings. The van der Waals surface area contributed by atoms with Gasteiger partial charge in [0.05, 0.1) is 6.61 Å². The van der Waals surface area contributed by atoms with Gasteiger partial charge in [-0.15, -0.1) is 0 Å². The van der Waals surface area contributed by atoms with Crippen LogP contribution in [-0.2, 0) is 19.1 Å². The number of esters is 2. The normalized spacial score (nSPS) is 19.4. The Hall–Kier alpha value is -3.34. The first kappa shape index (κ1) is 25.7. The molecule has 2 saturated heterocycles. The minimum Gasteiger partial charge on any atom is -0.494 e. The number of unbranched alkanes of at least 4 members (excludes halogenated alkanes) is 6. The topological polar surface area (TPSA) is 61.8 Å². The smallest absolute Gasteiger partial charge is 0.334 e. The minimum absolute atomic E-state index is 0.0581. The summed E-state index contributed by atoms with van der Waals surface area (Å²) in [7, 11) is 0. The van der Waals surface area contributed by atoms with Gasteiger partial charge in [0.1, 0.15) is 18.0 Å². The zero-order chi connectivity index (χ0) is 25.3. The molecule has 0 aromatic heterocycles. The second-order valence-electron chi connectivity index (χ2n) is 9.80. The Morgan fingerprint density at radius 2 is 1.25 bits per heavy atom. The Bertz CT molecular complexity index is 1040. The van der Waals surface area contributed by atoms with Crippen molar-refractivity contribution < 1.29 is 23.8 Å². The van der Waals surface area contributed by atoms with Crippen molar-refractivity contribution in [1.29, 1.82) is 0 Å². The highest BCUT2D eigenvalue weighted by Gasteiger charge is 2.28. The van der Waals surface area contributed by atoms with Crippen LogP contribution in [0.5, 0.6) is 5.75 Å². The third-order valence-electron chi connectivity index (χ3n) is 6.92. The fourth-order valence-corrected chi connectivity index (χ4v) is 4.72. The van der Waals surface area contributed by atoms with Crippen molar-refractivity contribution in [2.45, 2.75) is 76.4 Å². The Labute approximate surface area is 214 Å². The van der Waals surface area contributed by atoms with Gasteiger partial charge in [-0.05, 0) is 48.1 Å². The summed E-state index contributed by atoms with van der Waals surface area (Å²) >= 11 is 0. The number of rotatable bonds is 13. The molecule has 0 bridgehead atoms. The van der Waals surface area contributed by atoms with E-state index >= 15 is 0 Å². The van der Waals surface area contributed by atoms with E-state index in [2.05, 4.69) is 37.4 Å². The molecule has 0 N–H and O–H groups in total. The Morgan fingerprint density at radius 1 is 0.694 bits per heavy atom. The van der Waals surface area contributed by atoms with Crippen LogP contribution in [-0.4, -0.2) is 24.6 Å². The van der Waals surface area contributed by atoms with E-state index in [1.807, 2.05) is 24.3 Å². The molecule has 2 heterocycles. The molecule has 2 atom stereocenters. The maximum absolute atomic E-state index is 11.6. The van der Waals surface area contributed by atoms with Gasteiger partial charge >= 0.3 is 11.9 Å². The van der Waals surface area contributed by atoms with Gasteiger partial charge in [0.25, 0.3) is 0 Å². The van der Waals surface area contributed by atoms with E-state index in [4.69, 9.17) is 14.2 Å². The van der Waals surface area contributed by atoms with Crippen molar-refractivity contribution in [3.05, 3.63) is 78.4 Å². The van der Waals surface area contributed by atoms with E-state index in [1.165, 1.54) is 32.1 Å². The molecule has 5 heteroatoms. The Morgan fingerprint density at radius 3 is 1.83 bits per heavy atom. The molecule has 2 aliphatic heterocycles. The number of carbonyl (C=O) groups is 2. The summed E-state index contributed by atoms with van der Waals surface area (Å²) in [6.45, 7) is 8.21. The molecule has 0 radical (unpaired) electrons. The van der Waals surface area contributed by atoms with Crippen molar-refractivity contribution >= 4 is 11.9 Å². The number of benzene rings is 2. The molecule has 2 aromatic rings. The third-order valence-corrected chi connectivity index (χ3v) is 6.92. The second-order valence-corrected chi connectivity index (χ2v) is 9.80. The van der Waals surface area contributed by atoms with Crippen molar-refractivity contribution in [2.24, 2.45) is 0 Å². The number of carbonyl (C=O) groups excluding carboxylic acids is 2. The number of cyclic esters (lactones) is 2. The van der Waals surface area contributed by atoms with Gasteiger partial charge in [-0.25, -0.2) is 9.59 Å². The van der Waals surface area contributed by atoms with Crippen molar-refractivity contribution in [3.63, 3.8) is 0 Å². The minimum atomic E-state index is -0.298. The van der Waals surface area contributed by atoms with E-state index in [0.717, 1.165) is 48.3 Å². The maximum atomic E-state index is 11.6. The number of hydrogen-bond donors (Lipinski definition) is 0. The summed E-state index contributed by atoms with van der Waals surface area (Å²) < 4.78 is 16.5. The summed E-state index contributed by atoms with van der Waals surface area (Å²) in [6.07, 6.45) is 10.3. The maximum Gasteiger partial charge on any atom is 0.334 e.